The van der Waals surface area contributed by atoms with Crippen LogP contribution in [0.3, 0.4) is 0 Å². The van der Waals surface area contributed by atoms with Crippen molar-refractivity contribution in [2.24, 2.45) is 21.8 Å². The third kappa shape index (κ3) is 7.49. The zero-order chi connectivity index (χ0) is 39.6. The summed E-state index contributed by atoms with van der Waals surface area (Å²) in [6, 6.07) is 27.8. The second-order valence-corrected chi connectivity index (χ2v) is 15.6. The van der Waals surface area contributed by atoms with Gasteiger partial charge < -0.3 is 9.47 Å². The van der Waals surface area contributed by atoms with Crippen molar-refractivity contribution in [1.82, 2.24) is 9.97 Å². The van der Waals surface area contributed by atoms with E-state index in [2.05, 4.69) is 76.3 Å². The highest BCUT2D eigenvalue weighted by atomic mass is 16.5. The summed E-state index contributed by atoms with van der Waals surface area (Å²) in [6.07, 6.45) is 16.2. The molecule has 8 rings (SSSR count). The van der Waals surface area contributed by atoms with Crippen LogP contribution in [0.5, 0.6) is 11.8 Å². The molecule has 8 nitrogen and oxygen atoms in total. The zero-order valence-electron chi connectivity index (χ0n) is 33.1. The van der Waals surface area contributed by atoms with Gasteiger partial charge in [0.25, 0.3) is 0 Å². The third-order valence-corrected chi connectivity index (χ3v) is 11.7. The monoisotopic (exact) mass is 756 g/mol. The van der Waals surface area contributed by atoms with Crippen LogP contribution < -0.4 is 9.47 Å². The maximum Gasteiger partial charge on any atom is 0.312 e. The fourth-order valence-corrected chi connectivity index (χ4v) is 9.45. The SMILES string of the molecule is C/C=C1/C2C=C(C)CC1(N=Cc1ccccc1)c1ccc(OC(=O)CCCC(=O)Oc3ccc4c(n3)CC3C=C(C)CC4(N=Cc4ccccc4)/C3=C\C)nc1C2. The Balaban J connectivity index is 0.914. The van der Waals surface area contributed by atoms with Crippen molar-refractivity contribution in [3.05, 3.63) is 165 Å². The first-order chi connectivity index (χ1) is 27.7. The van der Waals surface area contributed by atoms with Crippen LogP contribution >= 0.6 is 0 Å². The number of aromatic nitrogens is 2. The first-order valence-corrected chi connectivity index (χ1v) is 20.0. The predicted molar refractivity (Wildman–Crippen MR) is 224 cm³/mol. The molecule has 8 heteroatoms. The van der Waals surface area contributed by atoms with Crippen LogP contribution in [-0.2, 0) is 33.5 Å². The van der Waals surface area contributed by atoms with Gasteiger partial charge in [0.1, 0.15) is 11.1 Å². The molecule has 0 saturated carbocycles. The second kappa shape index (κ2) is 15.8. The van der Waals surface area contributed by atoms with Gasteiger partial charge in [0.05, 0.1) is 11.4 Å². The van der Waals surface area contributed by atoms with Crippen LogP contribution in [0.15, 0.2) is 142 Å². The van der Waals surface area contributed by atoms with Gasteiger partial charge in [-0.3, -0.25) is 19.6 Å². The Labute approximate surface area is 334 Å². The Morgan fingerprint density at radius 2 is 1.07 bits per heavy atom. The predicted octanol–water partition coefficient (Wildman–Crippen LogP) is 9.72. The summed E-state index contributed by atoms with van der Waals surface area (Å²) in [5.41, 5.74) is 9.94. The van der Waals surface area contributed by atoms with Gasteiger partial charge in [-0.2, -0.15) is 0 Å². The Morgan fingerprint density at radius 3 is 1.47 bits per heavy atom. The van der Waals surface area contributed by atoms with Crippen LogP contribution in [0, 0.1) is 11.8 Å². The average Bonchev–Trinajstić information content (AvgIpc) is 3.19. The molecule has 0 N–H and O–H groups in total. The van der Waals surface area contributed by atoms with Crippen molar-refractivity contribution in [2.45, 2.75) is 83.7 Å². The Kier molecular flexibility index (Phi) is 10.5. The van der Waals surface area contributed by atoms with Crippen LogP contribution in [-0.4, -0.2) is 34.3 Å². The van der Waals surface area contributed by atoms with E-state index in [1.54, 1.807) is 12.1 Å². The quantitative estimate of drug-likeness (QED) is 0.0907. The fraction of sp³-hybridized carbons (Fsp3) is 0.306. The van der Waals surface area contributed by atoms with Gasteiger partial charge in [0.15, 0.2) is 0 Å². The molecule has 4 aliphatic carbocycles. The molecule has 2 heterocycles. The summed E-state index contributed by atoms with van der Waals surface area (Å²) in [5.74, 6) is -0.0538. The maximum absolute atomic E-state index is 13.0. The maximum atomic E-state index is 13.0. The fourth-order valence-electron chi connectivity index (χ4n) is 9.45. The van der Waals surface area contributed by atoms with E-state index in [0.29, 0.717) is 12.8 Å². The third-order valence-electron chi connectivity index (χ3n) is 11.7. The molecule has 2 aromatic carbocycles. The van der Waals surface area contributed by atoms with Gasteiger partial charge in [-0.25, -0.2) is 9.97 Å². The van der Waals surface area contributed by atoms with Crippen molar-refractivity contribution in [2.75, 3.05) is 0 Å². The minimum atomic E-state index is -0.563. The molecule has 4 aliphatic rings. The number of carbonyl (C=O) groups is 2. The van der Waals surface area contributed by atoms with Gasteiger partial charge >= 0.3 is 11.9 Å². The molecule has 2 aromatic heterocycles. The van der Waals surface area contributed by atoms with E-state index >= 15 is 0 Å². The molecular formula is C49H48N4O4. The number of allylic oxidation sites excluding steroid dienone is 4. The number of ether oxygens (including phenoxy) is 2. The number of hydrogen-bond donors (Lipinski definition) is 0. The lowest BCUT2D eigenvalue weighted by atomic mass is 9.63. The summed E-state index contributed by atoms with van der Waals surface area (Å²) >= 11 is 0. The lowest BCUT2D eigenvalue weighted by Gasteiger charge is -2.45. The molecule has 0 saturated heterocycles. The number of carbonyl (C=O) groups excluding carboxylic acids is 2. The zero-order valence-corrected chi connectivity index (χ0v) is 33.1. The minimum absolute atomic E-state index is 0.0471. The highest BCUT2D eigenvalue weighted by Gasteiger charge is 2.48. The first-order valence-electron chi connectivity index (χ1n) is 20.0. The van der Waals surface area contributed by atoms with Gasteiger partial charge in [-0.1, -0.05) is 96.1 Å². The van der Waals surface area contributed by atoms with Crippen LogP contribution in [0.2, 0.25) is 0 Å². The van der Waals surface area contributed by atoms with E-state index in [1.807, 2.05) is 61.0 Å². The van der Waals surface area contributed by atoms with Gasteiger partial charge in [-0.15, -0.1) is 0 Å². The summed E-state index contributed by atoms with van der Waals surface area (Å²) < 4.78 is 11.4. The van der Waals surface area contributed by atoms with Crippen LogP contribution in [0.4, 0.5) is 0 Å². The molecule has 288 valence electrons. The van der Waals surface area contributed by atoms with E-state index in [-0.39, 0.29) is 42.9 Å². The highest BCUT2D eigenvalue weighted by molar-refractivity contribution is 5.81. The summed E-state index contributed by atoms with van der Waals surface area (Å²) in [6.45, 7) is 8.50. The van der Waals surface area contributed by atoms with E-state index in [4.69, 9.17) is 29.4 Å². The van der Waals surface area contributed by atoms with E-state index < -0.39 is 23.0 Å². The molecule has 0 radical (unpaired) electrons. The average molecular weight is 757 g/mol. The molecule has 0 spiro atoms. The molecule has 57 heavy (non-hydrogen) atoms. The Morgan fingerprint density at radius 1 is 0.649 bits per heavy atom. The number of esters is 2. The van der Waals surface area contributed by atoms with Crippen LogP contribution in [0.1, 0.15) is 93.4 Å². The number of rotatable bonds is 10. The molecule has 0 amide bonds. The van der Waals surface area contributed by atoms with Crippen molar-refractivity contribution >= 4 is 24.4 Å². The van der Waals surface area contributed by atoms with Crippen molar-refractivity contribution < 1.29 is 19.1 Å². The Bertz CT molecular complexity index is 2230. The standard InChI is InChI=1S/C49H48N4O4/c1-5-38-36-24-32(3)28-48(38,50-30-34-14-9-7-10-15-34)40-20-22-44(52-42(40)26-36)56-46(54)18-13-19-47(55)57-45-23-21-41-43(53-45)27-37-25-33(4)29-49(41,39(37)6-2)51-31-35-16-11-8-12-17-35/h5-12,14-17,20-25,30-31,36-37H,13,18-19,26-29H2,1-4H3/b38-5-,39-6-,50-30?,51-31?. The smallest absolute Gasteiger partial charge is 0.312 e. The molecule has 0 aliphatic heterocycles. The topological polar surface area (TPSA) is 103 Å². The van der Waals surface area contributed by atoms with Gasteiger partial charge in [-0.05, 0) is 68.5 Å². The lowest BCUT2D eigenvalue weighted by molar-refractivity contribution is -0.136. The number of benzene rings is 2. The van der Waals surface area contributed by atoms with E-state index in [1.165, 1.54) is 22.3 Å². The second-order valence-electron chi connectivity index (χ2n) is 15.6. The van der Waals surface area contributed by atoms with E-state index in [9.17, 15) is 9.59 Å². The molecular weight excluding hydrogens is 709 g/mol. The van der Waals surface area contributed by atoms with Crippen LogP contribution in [0.25, 0.3) is 0 Å². The van der Waals surface area contributed by atoms with Crippen molar-refractivity contribution in [3.8, 4) is 11.8 Å². The molecule has 4 bridgehead atoms. The lowest BCUT2D eigenvalue weighted by Crippen LogP contribution is -2.40. The van der Waals surface area contributed by atoms with Crippen molar-refractivity contribution in [3.63, 3.8) is 0 Å². The Hall–Kier alpha value is -6.02. The normalized spacial score (nSPS) is 24.8. The number of aliphatic imine (C=N–C) groups is 2. The summed E-state index contributed by atoms with van der Waals surface area (Å²) in [7, 11) is 0. The van der Waals surface area contributed by atoms with E-state index in [0.717, 1.165) is 46.5 Å². The van der Waals surface area contributed by atoms with Gasteiger partial charge in [0.2, 0.25) is 11.8 Å². The number of nitrogens with zero attached hydrogens (tertiary/aromatic N) is 4. The number of hydrogen-bond acceptors (Lipinski definition) is 8. The summed E-state index contributed by atoms with van der Waals surface area (Å²) in [4.78, 5) is 46.2. The molecule has 4 aromatic rings. The summed E-state index contributed by atoms with van der Waals surface area (Å²) in [5, 5.41) is 0. The molecule has 4 atom stereocenters. The van der Waals surface area contributed by atoms with Crippen molar-refractivity contribution in [1.29, 1.82) is 0 Å². The molecule has 0 fully saturated rings. The minimum Gasteiger partial charge on any atom is -0.407 e. The largest absolute Gasteiger partial charge is 0.407 e. The molecule has 4 unspecified atom stereocenters. The van der Waals surface area contributed by atoms with Gasteiger partial charge in [0, 0.05) is 86.0 Å². The number of pyridine rings is 2. The first kappa shape index (κ1) is 37.9. The highest BCUT2D eigenvalue weighted by Crippen LogP contribution is 2.54. The number of fused-ring (bicyclic) bond motifs is 8.